The highest BCUT2D eigenvalue weighted by Gasteiger charge is 2.78. The van der Waals surface area contributed by atoms with Gasteiger partial charge < -0.3 is 10.5 Å². The Labute approximate surface area is 215 Å². The molecule has 3 aliphatic rings. The number of imidazole rings is 1. The van der Waals surface area contributed by atoms with Crippen molar-refractivity contribution in [3.05, 3.63) is 41.9 Å². The van der Waals surface area contributed by atoms with Crippen LogP contribution in [0.5, 0.6) is 0 Å². The number of nitrogen functional groups attached to an aromatic ring is 1. The summed E-state index contributed by atoms with van der Waals surface area (Å²) in [6.45, 7) is 1.64. The predicted molar refractivity (Wildman–Crippen MR) is 121 cm³/mol. The van der Waals surface area contributed by atoms with Gasteiger partial charge in [-0.2, -0.15) is 26.3 Å². The summed E-state index contributed by atoms with van der Waals surface area (Å²) >= 11 is 0. The molecule has 2 aromatic heterocycles. The van der Waals surface area contributed by atoms with Crippen LogP contribution >= 0.6 is 0 Å². The summed E-state index contributed by atoms with van der Waals surface area (Å²) in [6.07, 6.45) is -9.19. The molecule has 208 valence electrons. The molecule has 0 amide bonds. The van der Waals surface area contributed by atoms with Gasteiger partial charge in [0.2, 0.25) is 10.0 Å². The van der Waals surface area contributed by atoms with Gasteiger partial charge in [0, 0.05) is 17.4 Å². The van der Waals surface area contributed by atoms with Crippen LogP contribution in [0.25, 0.3) is 16.9 Å². The maximum atomic E-state index is 13.3. The highest BCUT2D eigenvalue weighted by Crippen LogP contribution is 2.71. The first-order valence-corrected chi connectivity index (χ1v) is 12.5. The van der Waals surface area contributed by atoms with Gasteiger partial charge >= 0.3 is 24.3 Å². The molecule has 3 N–H and O–H groups in total. The number of hydrogen-bond donors (Lipinski definition) is 2. The second-order valence-electron chi connectivity index (χ2n) is 9.65. The van der Waals surface area contributed by atoms with Crippen LogP contribution in [-0.4, -0.2) is 45.6 Å². The van der Waals surface area contributed by atoms with Crippen LogP contribution in [0.2, 0.25) is 0 Å². The Balaban J connectivity index is 1.38. The monoisotopic (exact) mass is 577 g/mol. The maximum Gasteiger partial charge on any atom is 0.491 e. The molecule has 3 fully saturated rings. The van der Waals surface area contributed by atoms with Crippen molar-refractivity contribution < 1.29 is 49.1 Å². The minimum Gasteiger partial charge on any atom is -0.386 e. The number of rotatable bonds is 5. The molecule has 2 bridgehead atoms. The number of sulfonamides is 1. The molecule has 0 aliphatic heterocycles. The second-order valence-corrected chi connectivity index (χ2v) is 11.7. The average molecular weight is 577 g/mol. The number of carbonyl (C=O) groups excluding carboxylic acids is 2. The summed E-state index contributed by atoms with van der Waals surface area (Å²) in [7, 11) is -4.18. The molecule has 10 nitrogen and oxygen atoms in total. The van der Waals surface area contributed by atoms with Crippen molar-refractivity contribution in [2.24, 2.45) is 5.41 Å². The van der Waals surface area contributed by atoms with E-state index in [2.05, 4.69) is 19.4 Å². The van der Waals surface area contributed by atoms with Gasteiger partial charge in [-0.3, -0.25) is 13.9 Å². The van der Waals surface area contributed by atoms with Crippen molar-refractivity contribution in [3.63, 3.8) is 0 Å². The Morgan fingerprint density at radius 2 is 1.77 bits per heavy atom. The van der Waals surface area contributed by atoms with E-state index in [0.717, 1.165) is 4.40 Å². The molecule has 1 aromatic carbocycles. The SMILES string of the molecule is Cc1ccc(NS(=O)(=O)C23CC(C(=O)OC(=O)C(F)(F)F)(C2)C3)cc1-c1cnc2c(N)nc(C(F)(F)F)cn12. The number of nitrogens with two attached hydrogens (primary N) is 1. The summed E-state index contributed by atoms with van der Waals surface area (Å²) in [4.78, 5) is 30.4. The number of fused-ring (bicyclic) bond motifs is 1. The molecule has 2 heterocycles. The molecule has 6 rings (SSSR count). The van der Waals surface area contributed by atoms with Gasteiger partial charge in [0.05, 0.1) is 22.1 Å². The first-order valence-electron chi connectivity index (χ1n) is 11.1. The van der Waals surface area contributed by atoms with E-state index < -0.39 is 56.0 Å². The maximum absolute atomic E-state index is 13.3. The number of ether oxygens (including phenoxy) is 1. The molecular weight excluding hydrogens is 560 g/mol. The summed E-state index contributed by atoms with van der Waals surface area (Å²) in [5.74, 6) is -4.57. The summed E-state index contributed by atoms with van der Waals surface area (Å²) in [6, 6.07) is 4.30. The summed E-state index contributed by atoms with van der Waals surface area (Å²) < 4.78 is 109. The number of benzene rings is 1. The predicted octanol–water partition coefficient (Wildman–Crippen LogP) is 3.60. The van der Waals surface area contributed by atoms with Crippen molar-refractivity contribution in [3.8, 4) is 11.3 Å². The number of halogens is 6. The van der Waals surface area contributed by atoms with Crippen LogP contribution in [0.3, 0.4) is 0 Å². The number of alkyl halides is 6. The number of carbonyl (C=O) groups is 2. The molecule has 17 heteroatoms. The van der Waals surface area contributed by atoms with E-state index >= 15 is 0 Å². The first-order chi connectivity index (χ1) is 17.9. The van der Waals surface area contributed by atoms with E-state index in [0.29, 0.717) is 17.3 Å². The second kappa shape index (κ2) is 8.06. The van der Waals surface area contributed by atoms with Crippen LogP contribution in [0.15, 0.2) is 30.6 Å². The Morgan fingerprint density at radius 3 is 2.36 bits per heavy atom. The number of aryl methyl sites for hydroxylation is 1. The Kier molecular flexibility index (Phi) is 5.52. The van der Waals surface area contributed by atoms with Gasteiger partial charge in [-0.1, -0.05) is 6.07 Å². The quantitative estimate of drug-likeness (QED) is 0.266. The zero-order valence-corrected chi connectivity index (χ0v) is 20.5. The van der Waals surface area contributed by atoms with E-state index in [1.807, 2.05) is 0 Å². The Hall–Kier alpha value is -3.89. The van der Waals surface area contributed by atoms with Crippen molar-refractivity contribution in [2.75, 3.05) is 10.5 Å². The minimum atomic E-state index is -5.37. The average Bonchev–Trinajstić information content (AvgIpc) is 3.16. The zero-order valence-electron chi connectivity index (χ0n) is 19.6. The fourth-order valence-corrected chi connectivity index (χ4v) is 7.07. The molecule has 0 saturated heterocycles. The lowest BCUT2D eigenvalue weighted by atomic mass is 9.43. The molecule has 0 radical (unpaired) electrons. The van der Waals surface area contributed by atoms with Crippen LogP contribution in [-0.2, 0) is 30.5 Å². The number of nitrogens with zero attached hydrogens (tertiary/aromatic N) is 3. The number of nitrogens with one attached hydrogen (secondary N) is 1. The molecule has 3 aromatic rings. The summed E-state index contributed by atoms with van der Waals surface area (Å²) in [5, 5.41) is 0. The van der Waals surface area contributed by atoms with E-state index in [-0.39, 0.29) is 36.3 Å². The molecule has 0 unspecified atom stereocenters. The van der Waals surface area contributed by atoms with Crippen LogP contribution in [0.1, 0.15) is 30.5 Å². The Bertz CT molecular complexity index is 1640. The molecule has 39 heavy (non-hydrogen) atoms. The van der Waals surface area contributed by atoms with Crippen molar-refractivity contribution in [1.82, 2.24) is 14.4 Å². The third-order valence-corrected chi connectivity index (χ3v) is 9.05. The topological polar surface area (TPSA) is 146 Å². The number of esters is 2. The van der Waals surface area contributed by atoms with E-state index in [9.17, 15) is 44.3 Å². The van der Waals surface area contributed by atoms with Gasteiger partial charge in [-0.25, -0.2) is 23.2 Å². The number of anilines is 2. The van der Waals surface area contributed by atoms with E-state index in [1.165, 1.54) is 24.4 Å². The smallest absolute Gasteiger partial charge is 0.386 e. The van der Waals surface area contributed by atoms with Gasteiger partial charge in [-0.15, -0.1) is 0 Å². The zero-order chi connectivity index (χ0) is 28.8. The lowest BCUT2D eigenvalue weighted by Crippen LogP contribution is -2.74. The third-order valence-electron chi connectivity index (χ3n) is 6.98. The summed E-state index contributed by atoms with van der Waals surface area (Å²) in [5.41, 5.74) is 3.96. The van der Waals surface area contributed by atoms with Gasteiger partial charge in [0.25, 0.3) is 0 Å². The van der Waals surface area contributed by atoms with Crippen LogP contribution in [0, 0.1) is 12.3 Å². The lowest BCUT2D eigenvalue weighted by Gasteiger charge is -2.66. The number of hydrogen-bond acceptors (Lipinski definition) is 8. The standard InChI is InChI=1S/C22H17F6N5O5S/c1-10-2-3-11(4-12(10)13-5-30-16-15(29)31-14(6-33(13)16)21(23,24)25)32-39(36,37)20-7-19(8-20,9-20)17(34)38-18(35)22(26,27)28/h2-6,32H,7-9H2,1H3,(H2,29,31). The molecule has 3 aliphatic carbocycles. The highest BCUT2D eigenvalue weighted by molar-refractivity contribution is 7.94. The van der Waals surface area contributed by atoms with Crippen molar-refractivity contribution >= 4 is 39.1 Å². The first kappa shape index (κ1) is 26.7. The van der Waals surface area contributed by atoms with Crippen molar-refractivity contribution in [2.45, 2.75) is 43.3 Å². The molecular formula is C22H17F6N5O5S. The van der Waals surface area contributed by atoms with E-state index in [4.69, 9.17) is 5.73 Å². The Morgan fingerprint density at radius 1 is 1.13 bits per heavy atom. The lowest BCUT2D eigenvalue weighted by molar-refractivity contribution is -0.214. The normalized spacial score (nSPS) is 22.6. The van der Waals surface area contributed by atoms with Crippen molar-refractivity contribution in [1.29, 1.82) is 0 Å². The van der Waals surface area contributed by atoms with E-state index in [1.54, 1.807) is 6.92 Å². The molecule has 0 atom stereocenters. The van der Waals surface area contributed by atoms with Gasteiger partial charge in [0.15, 0.2) is 17.2 Å². The highest BCUT2D eigenvalue weighted by atomic mass is 32.2. The fraction of sp³-hybridized carbons (Fsp3) is 0.364. The van der Waals surface area contributed by atoms with Crippen LogP contribution < -0.4 is 10.5 Å². The van der Waals surface area contributed by atoms with Gasteiger partial charge in [-0.05, 0) is 43.9 Å². The largest absolute Gasteiger partial charge is 0.491 e. The molecule has 0 spiro atoms. The molecule has 3 saturated carbocycles. The van der Waals surface area contributed by atoms with Gasteiger partial charge in [0.1, 0.15) is 0 Å². The minimum absolute atomic E-state index is 0.0391. The number of aromatic nitrogens is 3. The van der Waals surface area contributed by atoms with Crippen LogP contribution in [0.4, 0.5) is 37.8 Å². The third kappa shape index (κ3) is 4.15. The fourth-order valence-electron chi connectivity index (χ4n) is 5.02.